The van der Waals surface area contributed by atoms with Crippen molar-refractivity contribution in [3.05, 3.63) is 92.7 Å². The minimum absolute atomic E-state index is 0.0950. The summed E-state index contributed by atoms with van der Waals surface area (Å²) in [5, 5.41) is 8.23. The third kappa shape index (κ3) is 5.02. The van der Waals surface area contributed by atoms with Crippen LogP contribution in [0.4, 0.5) is 5.69 Å². The van der Waals surface area contributed by atoms with Crippen LogP contribution in [-0.4, -0.2) is 20.7 Å². The van der Waals surface area contributed by atoms with E-state index >= 15 is 0 Å². The van der Waals surface area contributed by atoms with Crippen molar-refractivity contribution in [3.8, 4) is 17.1 Å². The van der Waals surface area contributed by atoms with Gasteiger partial charge in [0.15, 0.2) is 5.82 Å². The molecular formula is C26H24BrClN4O. The number of nitrogens with zero attached hydrogens (tertiary/aromatic N) is 3. The molecule has 1 N–H and O–H groups in total. The van der Waals surface area contributed by atoms with Crippen molar-refractivity contribution in [2.24, 2.45) is 0 Å². The van der Waals surface area contributed by atoms with E-state index in [2.05, 4.69) is 51.2 Å². The van der Waals surface area contributed by atoms with Crippen LogP contribution in [0.1, 0.15) is 47.1 Å². The molecule has 1 aromatic heterocycles. The smallest absolute Gasteiger partial charge is 0.295 e. The molecule has 0 fully saturated rings. The molecule has 1 heterocycles. The molecule has 0 aliphatic carbocycles. The SMILES string of the molecule is Cc1ccc(-n2nc(C(=O)Nc3ccc(Br)cc3C(C)C)nc2-c2ccc(Cl)cc2)c(C)c1. The summed E-state index contributed by atoms with van der Waals surface area (Å²) in [4.78, 5) is 17.8. The Morgan fingerprint density at radius 1 is 1.03 bits per heavy atom. The average molecular weight is 524 g/mol. The minimum atomic E-state index is -0.363. The van der Waals surface area contributed by atoms with Gasteiger partial charge in [-0.1, -0.05) is 59.1 Å². The van der Waals surface area contributed by atoms with Crippen molar-refractivity contribution in [2.45, 2.75) is 33.6 Å². The first kappa shape index (κ1) is 23.2. The van der Waals surface area contributed by atoms with E-state index in [-0.39, 0.29) is 17.6 Å². The predicted molar refractivity (Wildman–Crippen MR) is 137 cm³/mol. The van der Waals surface area contributed by atoms with Gasteiger partial charge in [0.05, 0.1) is 5.69 Å². The molecule has 0 radical (unpaired) electrons. The zero-order chi connectivity index (χ0) is 23.7. The van der Waals surface area contributed by atoms with Gasteiger partial charge in [0, 0.05) is 20.7 Å². The van der Waals surface area contributed by atoms with Crippen LogP contribution >= 0.6 is 27.5 Å². The van der Waals surface area contributed by atoms with Gasteiger partial charge in [0.25, 0.3) is 5.91 Å². The normalized spacial score (nSPS) is 11.1. The Kier molecular flexibility index (Phi) is 6.68. The number of hydrogen-bond acceptors (Lipinski definition) is 3. The number of carbonyl (C=O) groups excluding carboxylic acids is 1. The predicted octanol–water partition coefficient (Wildman–Crippen LogP) is 7.34. The molecule has 0 aliphatic rings. The first-order valence-electron chi connectivity index (χ1n) is 10.6. The van der Waals surface area contributed by atoms with Gasteiger partial charge in [-0.3, -0.25) is 4.79 Å². The first-order valence-corrected chi connectivity index (χ1v) is 11.8. The van der Waals surface area contributed by atoms with Gasteiger partial charge in [0.2, 0.25) is 5.82 Å². The maximum Gasteiger partial charge on any atom is 0.295 e. The molecule has 0 atom stereocenters. The Bertz CT molecular complexity index is 1330. The molecule has 1 amide bonds. The summed E-state index contributed by atoms with van der Waals surface area (Å²) in [6.07, 6.45) is 0. The topological polar surface area (TPSA) is 59.8 Å². The van der Waals surface area contributed by atoms with Crippen molar-refractivity contribution in [1.29, 1.82) is 0 Å². The van der Waals surface area contributed by atoms with Gasteiger partial charge in [-0.05, 0) is 79.4 Å². The fourth-order valence-electron chi connectivity index (χ4n) is 3.71. The standard InChI is InChI=1S/C26H24BrClN4O/c1-15(2)21-14-19(27)8-11-22(21)29-26(33)24-30-25(18-6-9-20(28)10-7-18)32(31-24)23-12-5-16(3)13-17(23)4/h5-15H,1-4H3,(H,29,33). The molecule has 7 heteroatoms. The van der Waals surface area contributed by atoms with Crippen molar-refractivity contribution in [1.82, 2.24) is 14.8 Å². The van der Waals surface area contributed by atoms with Gasteiger partial charge in [-0.15, -0.1) is 5.10 Å². The number of aryl methyl sites for hydroxylation is 2. The maximum atomic E-state index is 13.2. The molecular weight excluding hydrogens is 500 g/mol. The van der Waals surface area contributed by atoms with Crippen LogP contribution in [0.25, 0.3) is 17.1 Å². The third-order valence-corrected chi connectivity index (χ3v) is 6.12. The van der Waals surface area contributed by atoms with E-state index in [1.165, 1.54) is 0 Å². The van der Waals surface area contributed by atoms with Crippen LogP contribution in [-0.2, 0) is 0 Å². The highest BCUT2D eigenvalue weighted by Gasteiger charge is 2.21. The van der Waals surface area contributed by atoms with Crippen LogP contribution in [0.2, 0.25) is 5.02 Å². The Morgan fingerprint density at radius 3 is 2.42 bits per heavy atom. The van der Waals surface area contributed by atoms with Crippen LogP contribution in [0.15, 0.2) is 65.1 Å². The van der Waals surface area contributed by atoms with Gasteiger partial charge < -0.3 is 5.32 Å². The number of carbonyl (C=O) groups is 1. The van der Waals surface area contributed by atoms with Crippen LogP contribution in [0, 0.1) is 13.8 Å². The minimum Gasteiger partial charge on any atom is -0.319 e. The van der Waals surface area contributed by atoms with E-state index in [9.17, 15) is 4.79 Å². The molecule has 168 valence electrons. The molecule has 0 spiro atoms. The number of rotatable bonds is 5. The van der Waals surface area contributed by atoms with Gasteiger partial charge in [-0.2, -0.15) is 0 Å². The van der Waals surface area contributed by atoms with E-state index in [1.807, 2.05) is 56.3 Å². The second-order valence-corrected chi connectivity index (χ2v) is 9.66. The van der Waals surface area contributed by atoms with Crippen LogP contribution < -0.4 is 5.32 Å². The molecule has 4 rings (SSSR count). The van der Waals surface area contributed by atoms with E-state index < -0.39 is 0 Å². The summed E-state index contributed by atoms with van der Waals surface area (Å²) < 4.78 is 2.68. The zero-order valence-corrected chi connectivity index (χ0v) is 21.2. The average Bonchev–Trinajstić information content (AvgIpc) is 3.20. The largest absolute Gasteiger partial charge is 0.319 e. The maximum absolute atomic E-state index is 13.2. The highest BCUT2D eigenvalue weighted by Crippen LogP contribution is 2.29. The third-order valence-electron chi connectivity index (χ3n) is 5.38. The molecule has 4 aromatic rings. The number of benzene rings is 3. The van der Waals surface area contributed by atoms with Gasteiger partial charge in [-0.25, -0.2) is 9.67 Å². The molecule has 0 saturated heterocycles. The zero-order valence-electron chi connectivity index (χ0n) is 18.9. The molecule has 3 aromatic carbocycles. The number of anilines is 1. The number of hydrogen-bond donors (Lipinski definition) is 1. The van der Waals surface area contributed by atoms with Crippen LogP contribution in [0.3, 0.4) is 0 Å². The number of halogens is 2. The Morgan fingerprint density at radius 2 is 1.76 bits per heavy atom. The second-order valence-electron chi connectivity index (χ2n) is 8.31. The molecule has 5 nitrogen and oxygen atoms in total. The van der Waals surface area contributed by atoms with Crippen molar-refractivity contribution in [3.63, 3.8) is 0 Å². The highest BCUT2D eigenvalue weighted by atomic mass is 79.9. The summed E-state index contributed by atoms with van der Waals surface area (Å²) in [5.74, 6) is 0.544. The van der Waals surface area contributed by atoms with Crippen molar-refractivity contribution < 1.29 is 4.79 Å². The summed E-state index contributed by atoms with van der Waals surface area (Å²) in [6, 6.07) is 19.3. The van der Waals surface area contributed by atoms with Crippen molar-refractivity contribution >= 4 is 39.1 Å². The summed E-state index contributed by atoms with van der Waals surface area (Å²) in [6.45, 7) is 8.24. The fourth-order valence-corrected chi connectivity index (χ4v) is 4.21. The Labute approximate surface area is 207 Å². The number of amides is 1. The first-order chi connectivity index (χ1) is 15.7. The van der Waals surface area contributed by atoms with E-state index in [1.54, 1.807) is 16.8 Å². The lowest BCUT2D eigenvalue weighted by molar-refractivity contribution is 0.101. The highest BCUT2D eigenvalue weighted by molar-refractivity contribution is 9.10. The fraction of sp³-hybridized carbons (Fsp3) is 0.192. The molecule has 33 heavy (non-hydrogen) atoms. The molecule has 0 saturated carbocycles. The Balaban J connectivity index is 1.78. The lowest BCUT2D eigenvalue weighted by Crippen LogP contribution is -2.16. The lowest BCUT2D eigenvalue weighted by Gasteiger charge is -2.13. The second kappa shape index (κ2) is 9.49. The summed E-state index contributed by atoms with van der Waals surface area (Å²) in [7, 11) is 0. The summed E-state index contributed by atoms with van der Waals surface area (Å²) >= 11 is 9.59. The van der Waals surface area contributed by atoms with Gasteiger partial charge in [0.1, 0.15) is 0 Å². The lowest BCUT2D eigenvalue weighted by atomic mass is 10.0. The molecule has 0 aliphatic heterocycles. The molecule has 0 unspecified atom stereocenters. The Hall–Kier alpha value is -2.96. The van der Waals surface area contributed by atoms with Crippen molar-refractivity contribution in [2.75, 3.05) is 5.32 Å². The monoisotopic (exact) mass is 522 g/mol. The van der Waals surface area contributed by atoms with E-state index in [0.29, 0.717) is 10.8 Å². The summed E-state index contributed by atoms with van der Waals surface area (Å²) in [5.41, 5.74) is 5.65. The van der Waals surface area contributed by atoms with Gasteiger partial charge >= 0.3 is 0 Å². The van der Waals surface area contributed by atoms with E-state index in [4.69, 9.17) is 11.6 Å². The number of nitrogens with one attached hydrogen (secondary N) is 1. The van der Waals surface area contributed by atoms with E-state index in [0.717, 1.165) is 38.1 Å². The quantitative estimate of drug-likeness (QED) is 0.298. The number of aromatic nitrogens is 3. The molecule has 0 bridgehead atoms. The van der Waals surface area contributed by atoms with Crippen LogP contribution in [0.5, 0.6) is 0 Å².